The Hall–Kier alpha value is -1.26. The average molecular weight is 387 g/mol. The van der Waals surface area contributed by atoms with E-state index in [4.69, 9.17) is 0 Å². The second-order valence-electron chi connectivity index (χ2n) is 5.74. The predicted octanol–water partition coefficient (Wildman–Crippen LogP) is 1.75. The van der Waals surface area contributed by atoms with Crippen LogP contribution in [0.4, 0.5) is 0 Å². The van der Waals surface area contributed by atoms with Crippen molar-refractivity contribution in [1.82, 2.24) is 8.61 Å². The lowest BCUT2D eigenvalue weighted by atomic mass is 10.0. The molecule has 0 saturated carbocycles. The third kappa shape index (κ3) is 3.02. The smallest absolute Gasteiger partial charge is 0.207 e. The highest BCUT2D eigenvalue weighted by molar-refractivity contribution is 7.91. The molecule has 9 heteroatoms. The molecule has 0 N–H and O–H groups in total. The number of rotatable bonds is 4. The first-order chi connectivity index (χ1) is 11.2. The molecule has 24 heavy (non-hydrogen) atoms. The van der Waals surface area contributed by atoms with Crippen molar-refractivity contribution < 1.29 is 16.8 Å². The zero-order valence-electron chi connectivity index (χ0n) is 13.3. The van der Waals surface area contributed by atoms with Gasteiger partial charge in [0.25, 0.3) is 10.0 Å². The standard InChI is InChI=1S/C15H18N2O4S3/c1-16(2)23(18,19)14-6-5-12-7-8-17(11-13(12)10-14)24(20,21)15-4-3-9-22-15/h3-6,9-10H,7-8,11H2,1-2H3. The molecular weight excluding hydrogens is 368 g/mol. The minimum Gasteiger partial charge on any atom is -0.207 e. The first-order valence-electron chi connectivity index (χ1n) is 7.31. The minimum atomic E-state index is -3.54. The highest BCUT2D eigenvalue weighted by Gasteiger charge is 2.30. The van der Waals surface area contributed by atoms with Gasteiger partial charge in [0.1, 0.15) is 4.21 Å². The first kappa shape index (κ1) is 17.6. The van der Waals surface area contributed by atoms with Crippen LogP contribution in [0.15, 0.2) is 44.8 Å². The third-order valence-electron chi connectivity index (χ3n) is 4.02. The Bertz CT molecular complexity index is 949. The van der Waals surface area contributed by atoms with Gasteiger partial charge in [0.05, 0.1) is 4.90 Å². The zero-order valence-corrected chi connectivity index (χ0v) is 15.8. The molecule has 1 aromatic heterocycles. The minimum absolute atomic E-state index is 0.182. The van der Waals surface area contributed by atoms with Crippen LogP contribution in [-0.4, -0.2) is 46.1 Å². The summed E-state index contributed by atoms with van der Waals surface area (Å²) in [5, 5.41) is 1.73. The van der Waals surface area contributed by atoms with Crippen molar-refractivity contribution >= 4 is 31.4 Å². The molecule has 0 spiro atoms. The van der Waals surface area contributed by atoms with Gasteiger partial charge in [-0.15, -0.1) is 11.3 Å². The van der Waals surface area contributed by atoms with Crippen LogP contribution in [0.5, 0.6) is 0 Å². The monoisotopic (exact) mass is 386 g/mol. The van der Waals surface area contributed by atoms with Gasteiger partial charge in [-0.05, 0) is 41.1 Å². The van der Waals surface area contributed by atoms with Gasteiger partial charge in [0.2, 0.25) is 10.0 Å². The highest BCUT2D eigenvalue weighted by Crippen LogP contribution is 2.29. The van der Waals surface area contributed by atoms with Gasteiger partial charge in [0, 0.05) is 27.2 Å². The van der Waals surface area contributed by atoms with Crippen LogP contribution in [0.3, 0.4) is 0 Å². The van der Waals surface area contributed by atoms with Crippen LogP contribution < -0.4 is 0 Å². The molecule has 0 fully saturated rings. The fraction of sp³-hybridized carbons (Fsp3) is 0.333. The molecule has 0 aliphatic carbocycles. The number of sulfonamides is 2. The van der Waals surface area contributed by atoms with Crippen LogP contribution >= 0.6 is 11.3 Å². The molecule has 0 bridgehead atoms. The van der Waals surface area contributed by atoms with E-state index in [-0.39, 0.29) is 11.4 Å². The lowest BCUT2D eigenvalue weighted by Gasteiger charge is -2.28. The maximum Gasteiger partial charge on any atom is 0.252 e. The van der Waals surface area contributed by atoms with Gasteiger partial charge in [-0.2, -0.15) is 4.31 Å². The molecule has 0 radical (unpaired) electrons. The average Bonchev–Trinajstić information content (AvgIpc) is 3.08. The van der Waals surface area contributed by atoms with Crippen LogP contribution in [0.1, 0.15) is 11.1 Å². The summed E-state index contributed by atoms with van der Waals surface area (Å²) in [5.74, 6) is 0. The van der Waals surface area contributed by atoms with Gasteiger partial charge < -0.3 is 0 Å². The van der Waals surface area contributed by atoms with E-state index in [1.165, 1.54) is 29.7 Å². The van der Waals surface area contributed by atoms with Crippen molar-refractivity contribution in [2.75, 3.05) is 20.6 Å². The number of hydrogen-bond acceptors (Lipinski definition) is 5. The van der Waals surface area contributed by atoms with Crippen LogP contribution in [0.2, 0.25) is 0 Å². The fourth-order valence-corrected chi connectivity index (χ4v) is 6.14. The molecule has 0 saturated heterocycles. The maximum absolute atomic E-state index is 12.7. The second kappa shape index (κ2) is 6.23. The number of fused-ring (bicyclic) bond motifs is 1. The molecule has 2 heterocycles. The molecule has 1 aromatic carbocycles. The zero-order chi connectivity index (χ0) is 17.5. The third-order valence-corrected chi connectivity index (χ3v) is 9.05. The Morgan fingerprint density at radius 2 is 1.83 bits per heavy atom. The Kier molecular flexibility index (Phi) is 4.56. The van der Waals surface area contributed by atoms with Crippen molar-refractivity contribution in [2.24, 2.45) is 0 Å². The van der Waals surface area contributed by atoms with E-state index < -0.39 is 20.0 Å². The van der Waals surface area contributed by atoms with Gasteiger partial charge in [-0.3, -0.25) is 0 Å². The van der Waals surface area contributed by atoms with Crippen molar-refractivity contribution in [2.45, 2.75) is 22.1 Å². The number of benzene rings is 1. The summed E-state index contributed by atoms with van der Waals surface area (Å²) in [6.07, 6.45) is 0.572. The topological polar surface area (TPSA) is 74.8 Å². The summed E-state index contributed by atoms with van der Waals surface area (Å²) < 4.78 is 52.7. The summed E-state index contributed by atoms with van der Waals surface area (Å²) in [4.78, 5) is 0.182. The second-order valence-corrected chi connectivity index (χ2v) is 11.0. The fourth-order valence-electron chi connectivity index (χ4n) is 2.62. The first-order valence-corrected chi connectivity index (χ1v) is 11.1. The van der Waals surface area contributed by atoms with Gasteiger partial charge in [-0.25, -0.2) is 21.1 Å². The van der Waals surface area contributed by atoms with Gasteiger partial charge in [-0.1, -0.05) is 12.1 Å². The molecule has 0 unspecified atom stereocenters. The Labute approximate surface area is 146 Å². The Balaban J connectivity index is 1.96. The van der Waals surface area contributed by atoms with E-state index in [1.807, 2.05) is 0 Å². The SMILES string of the molecule is CN(C)S(=O)(=O)c1ccc2c(c1)CN(S(=O)(=O)c1cccs1)CC2. The Morgan fingerprint density at radius 3 is 2.46 bits per heavy atom. The van der Waals surface area contributed by atoms with Crippen LogP contribution in [0.25, 0.3) is 0 Å². The van der Waals surface area contributed by atoms with Crippen molar-refractivity contribution in [1.29, 1.82) is 0 Å². The summed E-state index contributed by atoms with van der Waals surface area (Å²) in [6.45, 7) is 0.583. The van der Waals surface area contributed by atoms with Crippen molar-refractivity contribution in [3.63, 3.8) is 0 Å². The molecular formula is C15H18N2O4S3. The van der Waals surface area contributed by atoms with E-state index in [1.54, 1.807) is 35.7 Å². The molecule has 2 aromatic rings. The number of thiophene rings is 1. The summed E-state index contributed by atoms with van der Waals surface area (Å²) in [5.41, 5.74) is 1.73. The maximum atomic E-state index is 12.7. The van der Waals surface area contributed by atoms with Crippen molar-refractivity contribution in [3.8, 4) is 0 Å². The molecule has 1 aliphatic heterocycles. The van der Waals surface area contributed by atoms with Crippen LogP contribution in [0, 0.1) is 0 Å². The molecule has 0 amide bonds. The van der Waals surface area contributed by atoms with E-state index in [0.717, 1.165) is 15.4 Å². The summed E-state index contributed by atoms with van der Waals surface area (Å²) >= 11 is 1.18. The van der Waals surface area contributed by atoms with Crippen LogP contribution in [-0.2, 0) is 33.0 Å². The molecule has 0 atom stereocenters. The van der Waals surface area contributed by atoms with E-state index >= 15 is 0 Å². The lowest BCUT2D eigenvalue weighted by Crippen LogP contribution is -2.35. The largest absolute Gasteiger partial charge is 0.252 e. The quantitative estimate of drug-likeness (QED) is 0.802. The molecule has 130 valence electrons. The molecule has 3 rings (SSSR count). The Morgan fingerprint density at radius 1 is 1.08 bits per heavy atom. The van der Waals surface area contributed by atoms with Gasteiger partial charge in [0.15, 0.2) is 0 Å². The highest BCUT2D eigenvalue weighted by atomic mass is 32.2. The van der Waals surface area contributed by atoms with E-state index in [2.05, 4.69) is 0 Å². The predicted molar refractivity (Wildman–Crippen MR) is 92.9 cm³/mol. The molecule has 6 nitrogen and oxygen atoms in total. The van der Waals surface area contributed by atoms with E-state index in [0.29, 0.717) is 17.2 Å². The summed E-state index contributed by atoms with van der Waals surface area (Å²) in [6, 6.07) is 8.23. The normalized spacial score (nSPS) is 16.3. The van der Waals surface area contributed by atoms with E-state index in [9.17, 15) is 16.8 Å². The number of hydrogen-bond donors (Lipinski definition) is 0. The summed E-state index contributed by atoms with van der Waals surface area (Å²) in [7, 11) is -4.12. The number of nitrogens with zero attached hydrogens (tertiary/aromatic N) is 2. The molecule has 1 aliphatic rings. The van der Waals surface area contributed by atoms with Gasteiger partial charge >= 0.3 is 0 Å². The van der Waals surface area contributed by atoms with Crippen molar-refractivity contribution in [3.05, 3.63) is 46.8 Å². The lowest BCUT2D eigenvalue weighted by molar-refractivity contribution is 0.392.